The monoisotopic (exact) mass is 169 g/mol. The number of amides is 1. The molecule has 3 nitrogen and oxygen atoms in total. The maximum Gasteiger partial charge on any atom is 0.408 e. The number of carbonyl (C=O) groups is 1. The lowest BCUT2D eigenvalue weighted by molar-refractivity contribution is 0.129. The average Bonchev–Trinajstić information content (AvgIpc) is 2.69. The van der Waals surface area contributed by atoms with Crippen LogP contribution in [0.4, 0.5) is 4.79 Å². The van der Waals surface area contributed by atoms with Gasteiger partial charge in [0, 0.05) is 6.54 Å². The number of carboxylic acid groups (broad SMARTS) is 1. The third-order valence-electron chi connectivity index (χ3n) is 2.58. The molecule has 0 heterocycles. The first-order chi connectivity index (χ1) is 5.54. The molecule has 0 bridgehead atoms. The van der Waals surface area contributed by atoms with Crippen LogP contribution in [0, 0.1) is 0 Å². The SMILES string of the molecule is C=C(C)C1(N(CC)C(=O)O)CC1. The van der Waals surface area contributed by atoms with Gasteiger partial charge in [0.25, 0.3) is 0 Å². The normalized spacial score (nSPS) is 18.5. The molecule has 1 amide bonds. The van der Waals surface area contributed by atoms with E-state index in [-0.39, 0.29) is 5.54 Å². The van der Waals surface area contributed by atoms with E-state index in [4.69, 9.17) is 5.11 Å². The van der Waals surface area contributed by atoms with E-state index in [1.54, 1.807) is 0 Å². The van der Waals surface area contributed by atoms with Gasteiger partial charge >= 0.3 is 6.09 Å². The van der Waals surface area contributed by atoms with Gasteiger partial charge in [-0.3, -0.25) is 4.90 Å². The van der Waals surface area contributed by atoms with Gasteiger partial charge in [0.15, 0.2) is 0 Å². The van der Waals surface area contributed by atoms with E-state index in [2.05, 4.69) is 6.58 Å². The van der Waals surface area contributed by atoms with Crippen LogP contribution in [0.2, 0.25) is 0 Å². The Morgan fingerprint density at radius 2 is 2.17 bits per heavy atom. The van der Waals surface area contributed by atoms with Gasteiger partial charge in [-0.25, -0.2) is 4.79 Å². The Kier molecular flexibility index (Phi) is 2.13. The second-order valence-corrected chi connectivity index (χ2v) is 3.34. The molecular formula is C9H15NO2. The van der Waals surface area contributed by atoms with Gasteiger partial charge in [-0.2, -0.15) is 0 Å². The molecule has 0 spiro atoms. The number of rotatable bonds is 3. The fourth-order valence-electron chi connectivity index (χ4n) is 1.67. The standard InChI is InChI=1S/C9H15NO2/c1-4-10(8(11)12)9(5-6-9)7(2)3/h2,4-6H2,1,3H3,(H,11,12). The summed E-state index contributed by atoms with van der Waals surface area (Å²) in [5, 5.41) is 8.88. The van der Waals surface area contributed by atoms with Crippen LogP contribution in [0.1, 0.15) is 26.7 Å². The fraction of sp³-hybridized carbons (Fsp3) is 0.667. The molecule has 68 valence electrons. The lowest BCUT2D eigenvalue weighted by atomic mass is 10.1. The molecule has 0 atom stereocenters. The summed E-state index contributed by atoms with van der Waals surface area (Å²) in [6.07, 6.45) is 1.03. The van der Waals surface area contributed by atoms with E-state index in [1.807, 2.05) is 13.8 Å². The summed E-state index contributed by atoms with van der Waals surface area (Å²) in [7, 11) is 0. The zero-order valence-corrected chi connectivity index (χ0v) is 7.63. The molecule has 1 fully saturated rings. The quantitative estimate of drug-likeness (QED) is 0.657. The van der Waals surface area contributed by atoms with Crippen LogP contribution in [0.25, 0.3) is 0 Å². The highest BCUT2D eigenvalue weighted by atomic mass is 16.4. The Morgan fingerprint density at radius 3 is 2.25 bits per heavy atom. The van der Waals surface area contributed by atoms with Crippen molar-refractivity contribution in [1.29, 1.82) is 0 Å². The molecule has 1 aliphatic carbocycles. The molecule has 1 saturated carbocycles. The average molecular weight is 169 g/mol. The van der Waals surface area contributed by atoms with E-state index in [0.717, 1.165) is 18.4 Å². The Morgan fingerprint density at radius 1 is 1.67 bits per heavy atom. The fourth-order valence-corrected chi connectivity index (χ4v) is 1.67. The molecule has 0 aromatic rings. The topological polar surface area (TPSA) is 40.5 Å². The molecule has 0 aliphatic heterocycles. The van der Waals surface area contributed by atoms with Gasteiger partial charge in [0.2, 0.25) is 0 Å². The van der Waals surface area contributed by atoms with E-state index >= 15 is 0 Å². The lowest BCUT2D eigenvalue weighted by Crippen LogP contribution is -2.41. The zero-order chi connectivity index (χ0) is 9.35. The van der Waals surface area contributed by atoms with Crippen LogP contribution < -0.4 is 0 Å². The Labute approximate surface area is 72.7 Å². The van der Waals surface area contributed by atoms with Crippen LogP contribution in [-0.2, 0) is 0 Å². The molecule has 0 aromatic heterocycles. The molecule has 0 aromatic carbocycles. The van der Waals surface area contributed by atoms with Crippen LogP contribution in [0.3, 0.4) is 0 Å². The summed E-state index contributed by atoms with van der Waals surface area (Å²) < 4.78 is 0. The van der Waals surface area contributed by atoms with E-state index < -0.39 is 6.09 Å². The van der Waals surface area contributed by atoms with E-state index in [0.29, 0.717) is 6.54 Å². The molecule has 0 radical (unpaired) electrons. The Balaban J connectivity index is 2.78. The molecule has 1 aliphatic rings. The number of hydrogen-bond donors (Lipinski definition) is 1. The summed E-state index contributed by atoms with van der Waals surface area (Å²) in [5.41, 5.74) is 0.743. The highest BCUT2D eigenvalue weighted by Crippen LogP contribution is 2.46. The van der Waals surface area contributed by atoms with Gasteiger partial charge < -0.3 is 5.11 Å². The highest BCUT2D eigenvalue weighted by Gasteiger charge is 2.50. The van der Waals surface area contributed by atoms with Crippen molar-refractivity contribution in [1.82, 2.24) is 4.90 Å². The van der Waals surface area contributed by atoms with E-state index in [1.165, 1.54) is 4.90 Å². The van der Waals surface area contributed by atoms with Gasteiger partial charge in [-0.05, 0) is 26.7 Å². The second-order valence-electron chi connectivity index (χ2n) is 3.34. The predicted molar refractivity (Wildman–Crippen MR) is 47.2 cm³/mol. The highest BCUT2D eigenvalue weighted by molar-refractivity contribution is 5.68. The van der Waals surface area contributed by atoms with Crippen LogP contribution in [0.5, 0.6) is 0 Å². The molecular weight excluding hydrogens is 154 g/mol. The van der Waals surface area contributed by atoms with Crippen molar-refractivity contribution in [3.63, 3.8) is 0 Å². The number of likely N-dealkylation sites (N-methyl/N-ethyl adjacent to an activating group) is 1. The van der Waals surface area contributed by atoms with Crippen molar-refractivity contribution in [2.24, 2.45) is 0 Å². The largest absolute Gasteiger partial charge is 0.465 e. The molecule has 0 unspecified atom stereocenters. The third-order valence-corrected chi connectivity index (χ3v) is 2.58. The van der Waals surface area contributed by atoms with E-state index in [9.17, 15) is 4.79 Å². The van der Waals surface area contributed by atoms with Crippen molar-refractivity contribution in [3.05, 3.63) is 12.2 Å². The van der Waals surface area contributed by atoms with Crippen molar-refractivity contribution in [2.75, 3.05) is 6.54 Å². The molecule has 1 rings (SSSR count). The summed E-state index contributed by atoms with van der Waals surface area (Å²) in [4.78, 5) is 12.3. The van der Waals surface area contributed by atoms with Crippen molar-refractivity contribution >= 4 is 6.09 Å². The van der Waals surface area contributed by atoms with Crippen molar-refractivity contribution in [2.45, 2.75) is 32.2 Å². The molecule has 3 heteroatoms. The summed E-state index contributed by atoms with van der Waals surface area (Å²) in [5.74, 6) is 0. The minimum absolute atomic E-state index is 0.222. The van der Waals surface area contributed by atoms with Crippen LogP contribution in [-0.4, -0.2) is 28.2 Å². The maximum absolute atomic E-state index is 10.8. The van der Waals surface area contributed by atoms with Gasteiger partial charge in [0.05, 0.1) is 5.54 Å². The Hall–Kier alpha value is -0.990. The predicted octanol–water partition coefficient (Wildman–Crippen LogP) is 2.09. The summed E-state index contributed by atoms with van der Waals surface area (Å²) >= 11 is 0. The summed E-state index contributed by atoms with van der Waals surface area (Å²) in [6.45, 7) is 8.14. The first-order valence-corrected chi connectivity index (χ1v) is 4.21. The summed E-state index contributed by atoms with van der Waals surface area (Å²) in [6, 6.07) is 0. The first kappa shape index (κ1) is 9.10. The van der Waals surface area contributed by atoms with Gasteiger partial charge in [-0.1, -0.05) is 12.2 Å². The van der Waals surface area contributed by atoms with Gasteiger partial charge in [-0.15, -0.1) is 0 Å². The molecule has 1 N–H and O–H groups in total. The smallest absolute Gasteiger partial charge is 0.408 e. The maximum atomic E-state index is 10.8. The van der Waals surface area contributed by atoms with Crippen molar-refractivity contribution < 1.29 is 9.90 Å². The lowest BCUT2D eigenvalue weighted by Gasteiger charge is -2.28. The second kappa shape index (κ2) is 2.81. The van der Waals surface area contributed by atoms with Crippen LogP contribution >= 0.6 is 0 Å². The molecule has 0 saturated heterocycles. The minimum atomic E-state index is -0.835. The van der Waals surface area contributed by atoms with Gasteiger partial charge in [0.1, 0.15) is 0 Å². The number of nitrogens with zero attached hydrogens (tertiary/aromatic N) is 1. The third kappa shape index (κ3) is 1.19. The zero-order valence-electron chi connectivity index (χ0n) is 7.63. The first-order valence-electron chi connectivity index (χ1n) is 4.21. The number of hydrogen-bond acceptors (Lipinski definition) is 1. The van der Waals surface area contributed by atoms with Crippen molar-refractivity contribution in [3.8, 4) is 0 Å². The molecule has 12 heavy (non-hydrogen) atoms. The van der Waals surface area contributed by atoms with Crippen LogP contribution in [0.15, 0.2) is 12.2 Å². The Bertz CT molecular complexity index is 219. The minimum Gasteiger partial charge on any atom is -0.465 e.